The van der Waals surface area contributed by atoms with Gasteiger partial charge < -0.3 is 14.1 Å². The Balaban J connectivity index is 1.68. The van der Waals surface area contributed by atoms with Crippen molar-refractivity contribution in [2.45, 2.75) is 11.8 Å². The number of aryl methyl sites for hydroxylation is 1. The fourth-order valence-electron chi connectivity index (χ4n) is 3.56. The fourth-order valence-corrected chi connectivity index (χ4v) is 5.00. The van der Waals surface area contributed by atoms with Gasteiger partial charge in [0.05, 0.1) is 9.82 Å². The number of fused-ring (bicyclic) bond motifs is 1. The summed E-state index contributed by atoms with van der Waals surface area (Å²) in [5.41, 5.74) is 0.0132. The third kappa shape index (κ3) is 4.22. The summed E-state index contributed by atoms with van der Waals surface area (Å²) in [5, 5.41) is 12.4. The molecule has 11 heteroatoms. The van der Waals surface area contributed by atoms with E-state index in [0.29, 0.717) is 31.6 Å². The molecule has 168 valence electrons. The van der Waals surface area contributed by atoms with Crippen molar-refractivity contribution in [3.63, 3.8) is 0 Å². The topological polar surface area (TPSA) is 123 Å². The highest BCUT2D eigenvalue weighted by Gasteiger charge is 2.30. The second kappa shape index (κ2) is 8.34. The number of nitro benzene ring substituents is 1. The summed E-state index contributed by atoms with van der Waals surface area (Å²) in [7, 11) is -1.97. The predicted octanol–water partition coefficient (Wildman–Crippen LogP) is 2.74. The molecule has 0 bridgehead atoms. The van der Waals surface area contributed by atoms with Crippen LogP contribution in [0.1, 0.15) is 5.56 Å². The minimum atomic E-state index is -3.87. The van der Waals surface area contributed by atoms with Crippen LogP contribution in [0.5, 0.6) is 11.5 Å². The largest absolute Gasteiger partial charge is 0.450 e. The van der Waals surface area contributed by atoms with Crippen LogP contribution in [0.25, 0.3) is 11.0 Å². The number of hydrogen-bond donors (Lipinski definition) is 0. The van der Waals surface area contributed by atoms with Gasteiger partial charge in [0, 0.05) is 49.8 Å². The number of hydrogen-bond acceptors (Lipinski definition) is 8. The lowest BCUT2D eigenvalue weighted by atomic mass is 10.1. The number of nitro groups is 1. The van der Waals surface area contributed by atoms with E-state index in [4.69, 9.17) is 9.15 Å². The van der Waals surface area contributed by atoms with Gasteiger partial charge in [-0.15, -0.1) is 0 Å². The molecule has 0 radical (unpaired) electrons. The van der Waals surface area contributed by atoms with Crippen LogP contribution in [0.3, 0.4) is 0 Å². The van der Waals surface area contributed by atoms with E-state index in [1.165, 1.54) is 28.6 Å². The van der Waals surface area contributed by atoms with Crippen molar-refractivity contribution in [2.75, 3.05) is 33.2 Å². The highest BCUT2D eigenvalue weighted by atomic mass is 32.2. The lowest BCUT2D eigenvalue weighted by molar-refractivity contribution is -0.385. The average molecular weight is 459 g/mol. The highest BCUT2D eigenvalue weighted by Crippen LogP contribution is 2.35. The van der Waals surface area contributed by atoms with Crippen LogP contribution in [-0.4, -0.2) is 55.8 Å². The van der Waals surface area contributed by atoms with Crippen molar-refractivity contribution in [2.24, 2.45) is 0 Å². The van der Waals surface area contributed by atoms with Gasteiger partial charge >= 0.3 is 11.3 Å². The van der Waals surface area contributed by atoms with Gasteiger partial charge in [-0.3, -0.25) is 10.1 Å². The van der Waals surface area contributed by atoms with E-state index in [1.54, 1.807) is 19.1 Å². The molecule has 4 rings (SSSR count). The van der Waals surface area contributed by atoms with Crippen molar-refractivity contribution < 1.29 is 22.5 Å². The summed E-state index contributed by atoms with van der Waals surface area (Å²) in [6.45, 7) is 3.56. The van der Waals surface area contributed by atoms with E-state index in [9.17, 15) is 23.3 Å². The summed E-state index contributed by atoms with van der Waals surface area (Å²) >= 11 is 0. The lowest BCUT2D eigenvalue weighted by Gasteiger charge is -2.31. The third-order valence-electron chi connectivity index (χ3n) is 5.38. The molecule has 0 unspecified atom stereocenters. The molecule has 10 nitrogen and oxygen atoms in total. The standard InChI is InChI=1S/C21H21N3O7S/c1-14-11-21(25)31-20-12-15(3-5-17(14)20)30-19-6-4-16(13-18(19)24(26)27)32(28,29)23-9-7-22(2)8-10-23/h3-6,11-13H,7-10H2,1-2H3. The Bertz CT molecular complexity index is 1360. The maximum atomic E-state index is 13.0. The van der Waals surface area contributed by atoms with E-state index < -0.39 is 26.3 Å². The number of nitrogens with zero attached hydrogens (tertiary/aromatic N) is 3. The average Bonchev–Trinajstić information content (AvgIpc) is 2.73. The quantitative estimate of drug-likeness (QED) is 0.324. The Labute approximate surface area is 183 Å². The van der Waals surface area contributed by atoms with Crippen molar-refractivity contribution in [1.82, 2.24) is 9.21 Å². The van der Waals surface area contributed by atoms with E-state index in [1.807, 2.05) is 11.9 Å². The first-order chi connectivity index (χ1) is 15.1. The maximum Gasteiger partial charge on any atom is 0.336 e. The van der Waals surface area contributed by atoms with Crippen LogP contribution in [0, 0.1) is 17.0 Å². The van der Waals surface area contributed by atoms with Gasteiger partial charge in [-0.1, -0.05) is 0 Å². The van der Waals surface area contributed by atoms with Crippen LogP contribution in [0.2, 0.25) is 0 Å². The van der Waals surface area contributed by atoms with Gasteiger partial charge in [0.25, 0.3) is 0 Å². The Morgan fingerprint density at radius 3 is 2.47 bits per heavy atom. The zero-order valence-electron chi connectivity index (χ0n) is 17.5. The number of piperazine rings is 1. The monoisotopic (exact) mass is 459 g/mol. The summed E-state index contributed by atoms with van der Waals surface area (Å²) in [4.78, 5) is 24.5. The van der Waals surface area contributed by atoms with Gasteiger partial charge in [-0.05, 0) is 43.8 Å². The van der Waals surface area contributed by atoms with E-state index >= 15 is 0 Å². The molecule has 0 saturated carbocycles. The molecular weight excluding hydrogens is 438 g/mol. The van der Waals surface area contributed by atoms with Crippen LogP contribution in [0.15, 0.2) is 56.6 Å². The first kappa shape index (κ1) is 21.9. The van der Waals surface area contributed by atoms with Crippen molar-refractivity contribution in [1.29, 1.82) is 0 Å². The van der Waals surface area contributed by atoms with Crippen LogP contribution in [-0.2, 0) is 10.0 Å². The van der Waals surface area contributed by atoms with Crippen molar-refractivity contribution in [3.8, 4) is 11.5 Å². The smallest absolute Gasteiger partial charge is 0.336 e. The number of likely N-dealkylation sites (N-methyl/N-ethyl adjacent to an activating group) is 1. The van der Waals surface area contributed by atoms with Crippen LogP contribution >= 0.6 is 0 Å². The van der Waals surface area contributed by atoms with E-state index in [0.717, 1.165) is 11.6 Å². The number of sulfonamides is 1. The van der Waals surface area contributed by atoms with Crippen LogP contribution < -0.4 is 10.4 Å². The third-order valence-corrected chi connectivity index (χ3v) is 7.27. The summed E-state index contributed by atoms with van der Waals surface area (Å²) in [6.07, 6.45) is 0. The van der Waals surface area contributed by atoms with E-state index in [-0.39, 0.29) is 22.0 Å². The van der Waals surface area contributed by atoms with Gasteiger partial charge in [0.15, 0.2) is 0 Å². The van der Waals surface area contributed by atoms with E-state index in [2.05, 4.69) is 0 Å². The second-order valence-corrected chi connectivity index (χ2v) is 9.54. The Morgan fingerprint density at radius 2 is 1.78 bits per heavy atom. The minimum Gasteiger partial charge on any atom is -0.450 e. The van der Waals surface area contributed by atoms with Crippen molar-refractivity contribution in [3.05, 3.63) is 68.6 Å². The number of rotatable bonds is 5. The fraction of sp³-hybridized carbons (Fsp3) is 0.286. The first-order valence-electron chi connectivity index (χ1n) is 9.84. The molecule has 0 aliphatic carbocycles. The zero-order valence-corrected chi connectivity index (χ0v) is 18.3. The minimum absolute atomic E-state index is 0.123. The molecule has 0 spiro atoms. The maximum absolute atomic E-state index is 13.0. The SMILES string of the molecule is Cc1cc(=O)oc2cc(Oc3ccc(S(=O)(=O)N4CCN(C)CC4)cc3[N+](=O)[O-])ccc12. The molecule has 3 aromatic rings. The molecule has 1 aliphatic heterocycles. The Kier molecular flexibility index (Phi) is 5.71. The molecule has 1 fully saturated rings. The molecule has 1 aromatic heterocycles. The van der Waals surface area contributed by atoms with Gasteiger partial charge in [0.2, 0.25) is 15.8 Å². The van der Waals surface area contributed by atoms with Gasteiger partial charge in [-0.25, -0.2) is 13.2 Å². The lowest BCUT2D eigenvalue weighted by Crippen LogP contribution is -2.47. The summed E-state index contributed by atoms with van der Waals surface area (Å²) in [6, 6.07) is 9.66. The van der Waals surface area contributed by atoms with Crippen molar-refractivity contribution >= 4 is 26.7 Å². The molecule has 0 atom stereocenters. The number of benzene rings is 2. The summed E-state index contributed by atoms with van der Waals surface area (Å²) < 4.78 is 38.1. The first-order valence-corrected chi connectivity index (χ1v) is 11.3. The molecule has 0 amide bonds. The van der Waals surface area contributed by atoms with Gasteiger partial charge in [-0.2, -0.15) is 4.31 Å². The second-order valence-electron chi connectivity index (χ2n) is 7.60. The molecule has 2 heterocycles. The predicted molar refractivity (Wildman–Crippen MR) is 117 cm³/mol. The normalized spacial score (nSPS) is 15.7. The van der Waals surface area contributed by atoms with Crippen LogP contribution in [0.4, 0.5) is 5.69 Å². The Hall–Kier alpha value is -3.28. The zero-order chi connectivity index (χ0) is 23.0. The molecule has 2 aromatic carbocycles. The number of ether oxygens (including phenoxy) is 1. The molecular formula is C21H21N3O7S. The molecule has 1 aliphatic rings. The Morgan fingerprint density at radius 1 is 1.06 bits per heavy atom. The molecule has 32 heavy (non-hydrogen) atoms. The molecule has 0 N–H and O–H groups in total. The molecule has 1 saturated heterocycles. The summed E-state index contributed by atoms with van der Waals surface area (Å²) in [5.74, 6) is 0.0886. The highest BCUT2D eigenvalue weighted by molar-refractivity contribution is 7.89. The van der Waals surface area contributed by atoms with Gasteiger partial charge in [0.1, 0.15) is 11.3 Å².